The molecular weight excluding hydrogens is 340 g/mol. The molecule has 0 saturated heterocycles. The minimum absolute atomic E-state index is 0.0938. The third-order valence-electron chi connectivity index (χ3n) is 3.67. The third-order valence-corrected chi connectivity index (χ3v) is 5.30. The molecule has 2 N–H and O–H groups in total. The third kappa shape index (κ3) is 4.80. The summed E-state index contributed by atoms with van der Waals surface area (Å²) >= 11 is 0. The van der Waals surface area contributed by atoms with Gasteiger partial charge in [-0.05, 0) is 37.6 Å². The summed E-state index contributed by atoms with van der Waals surface area (Å²) in [4.78, 5) is 12.4. The molecule has 0 unspecified atom stereocenters. The minimum atomic E-state index is -3.61. The van der Waals surface area contributed by atoms with E-state index in [-0.39, 0.29) is 23.9 Å². The van der Waals surface area contributed by atoms with E-state index in [9.17, 15) is 13.2 Å². The summed E-state index contributed by atoms with van der Waals surface area (Å²) in [6.45, 7) is 3.92. The van der Waals surface area contributed by atoms with Gasteiger partial charge in [0.25, 0.3) is 5.91 Å². The van der Waals surface area contributed by atoms with Crippen LogP contribution in [-0.4, -0.2) is 34.5 Å². The van der Waals surface area contributed by atoms with Crippen LogP contribution < -0.4 is 14.8 Å². The SMILES string of the molecule is COc1ccccc1C(=O)NCCNS(=O)(=O)c1ccc(C)cc1C. The lowest BCUT2D eigenvalue weighted by molar-refractivity contribution is 0.0951. The molecule has 0 atom stereocenters. The van der Waals surface area contributed by atoms with Crippen LogP contribution in [0.25, 0.3) is 0 Å². The number of sulfonamides is 1. The van der Waals surface area contributed by atoms with Crippen molar-refractivity contribution in [2.24, 2.45) is 0 Å². The second kappa shape index (κ2) is 8.13. The molecule has 0 radical (unpaired) electrons. The molecule has 25 heavy (non-hydrogen) atoms. The fourth-order valence-electron chi connectivity index (χ4n) is 2.47. The van der Waals surface area contributed by atoms with Crippen LogP contribution in [0.5, 0.6) is 5.75 Å². The van der Waals surface area contributed by atoms with Gasteiger partial charge in [-0.3, -0.25) is 4.79 Å². The lowest BCUT2D eigenvalue weighted by Crippen LogP contribution is -2.35. The first-order chi connectivity index (χ1) is 11.8. The second-order valence-corrected chi connectivity index (χ2v) is 7.36. The number of para-hydroxylation sites is 1. The summed E-state index contributed by atoms with van der Waals surface area (Å²) in [5, 5.41) is 2.68. The summed E-state index contributed by atoms with van der Waals surface area (Å²) in [6, 6.07) is 12.0. The van der Waals surface area contributed by atoms with Gasteiger partial charge >= 0.3 is 0 Å². The molecule has 0 spiro atoms. The Balaban J connectivity index is 1.93. The van der Waals surface area contributed by atoms with E-state index >= 15 is 0 Å². The molecule has 2 rings (SSSR count). The predicted molar refractivity (Wildman–Crippen MR) is 96.4 cm³/mol. The Morgan fingerprint density at radius 3 is 2.48 bits per heavy atom. The van der Waals surface area contributed by atoms with Gasteiger partial charge in [-0.25, -0.2) is 13.1 Å². The molecule has 0 fully saturated rings. The molecule has 134 valence electrons. The van der Waals surface area contributed by atoms with Crippen molar-refractivity contribution < 1.29 is 17.9 Å². The average molecular weight is 362 g/mol. The Morgan fingerprint density at radius 2 is 1.80 bits per heavy atom. The second-order valence-electron chi connectivity index (χ2n) is 5.62. The number of hydrogen-bond donors (Lipinski definition) is 2. The number of benzene rings is 2. The largest absolute Gasteiger partial charge is 0.496 e. The molecule has 6 nitrogen and oxygen atoms in total. The molecule has 0 saturated carbocycles. The van der Waals surface area contributed by atoms with E-state index < -0.39 is 10.0 Å². The van der Waals surface area contributed by atoms with Crippen molar-refractivity contribution in [3.8, 4) is 5.75 Å². The van der Waals surface area contributed by atoms with E-state index in [0.717, 1.165) is 5.56 Å². The molecule has 0 aromatic heterocycles. The van der Waals surface area contributed by atoms with Crippen LogP contribution in [-0.2, 0) is 10.0 Å². The number of ether oxygens (including phenoxy) is 1. The van der Waals surface area contributed by atoms with E-state index in [2.05, 4.69) is 10.0 Å². The Bertz CT molecular complexity index is 863. The highest BCUT2D eigenvalue weighted by Gasteiger charge is 2.16. The minimum Gasteiger partial charge on any atom is -0.496 e. The van der Waals surface area contributed by atoms with E-state index in [4.69, 9.17) is 4.74 Å². The van der Waals surface area contributed by atoms with Crippen LogP contribution >= 0.6 is 0 Å². The fourth-order valence-corrected chi connectivity index (χ4v) is 3.72. The van der Waals surface area contributed by atoms with Gasteiger partial charge in [0.05, 0.1) is 17.6 Å². The van der Waals surface area contributed by atoms with Gasteiger partial charge < -0.3 is 10.1 Å². The van der Waals surface area contributed by atoms with Crippen LogP contribution in [0.1, 0.15) is 21.5 Å². The maximum atomic E-state index is 12.3. The van der Waals surface area contributed by atoms with Gasteiger partial charge in [0, 0.05) is 13.1 Å². The van der Waals surface area contributed by atoms with E-state index in [1.54, 1.807) is 43.3 Å². The first kappa shape index (κ1) is 19.0. The number of amides is 1. The Labute approximate surface area is 148 Å². The maximum absolute atomic E-state index is 12.3. The first-order valence-electron chi connectivity index (χ1n) is 7.83. The molecule has 2 aromatic rings. The zero-order valence-electron chi connectivity index (χ0n) is 14.5. The average Bonchev–Trinajstić information content (AvgIpc) is 2.58. The van der Waals surface area contributed by atoms with Crippen molar-refractivity contribution in [2.75, 3.05) is 20.2 Å². The number of carbonyl (C=O) groups is 1. The van der Waals surface area contributed by atoms with Crippen molar-refractivity contribution in [2.45, 2.75) is 18.7 Å². The van der Waals surface area contributed by atoms with Crippen molar-refractivity contribution in [3.63, 3.8) is 0 Å². The summed E-state index contributed by atoms with van der Waals surface area (Å²) in [6.07, 6.45) is 0. The zero-order valence-corrected chi connectivity index (χ0v) is 15.3. The molecule has 0 heterocycles. The smallest absolute Gasteiger partial charge is 0.255 e. The highest BCUT2D eigenvalue weighted by molar-refractivity contribution is 7.89. The molecule has 2 aromatic carbocycles. The standard InChI is InChI=1S/C18H22N2O4S/c1-13-8-9-17(14(2)12-13)25(22,23)20-11-10-19-18(21)15-6-4-5-7-16(15)24-3/h4-9,12,20H,10-11H2,1-3H3,(H,19,21). The highest BCUT2D eigenvalue weighted by Crippen LogP contribution is 2.17. The summed E-state index contributed by atoms with van der Waals surface area (Å²) in [5.74, 6) is 0.152. The van der Waals surface area contributed by atoms with Crippen molar-refractivity contribution in [3.05, 3.63) is 59.2 Å². The van der Waals surface area contributed by atoms with Gasteiger partial charge in [-0.2, -0.15) is 0 Å². The number of aryl methyl sites for hydroxylation is 2. The molecule has 0 bridgehead atoms. The molecule has 1 amide bonds. The van der Waals surface area contributed by atoms with Crippen LogP contribution in [0.4, 0.5) is 0 Å². The quantitative estimate of drug-likeness (QED) is 0.738. The summed E-state index contributed by atoms with van der Waals surface area (Å²) < 4.78 is 32.3. The molecule has 0 aliphatic carbocycles. The number of rotatable bonds is 7. The predicted octanol–water partition coefficient (Wildman–Crippen LogP) is 2.02. The Kier molecular flexibility index (Phi) is 6.17. The van der Waals surface area contributed by atoms with Crippen molar-refractivity contribution in [1.29, 1.82) is 0 Å². The van der Waals surface area contributed by atoms with Crippen LogP contribution in [0.2, 0.25) is 0 Å². The van der Waals surface area contributed by atoms with Gasteiger partial charge in [0.1, 0.15) is 5.75 Å². The highest BCUT2D eigenvalue weighted by atomic mass is 32.2. The zero-order chi connectivity index (χ0) is 18.4. The summed E-state index contributed by atoms with van der Waals surface area (Å²) in [5.41, 5.74) is 2.09. The first-order valence-corrected chi connectivity index (χ1v) is 9.31. The monoisotopic (exact) mass is 362 g/mol. The van der Waals surface area contributed by atoms with Gasteiger partial charge in [0.2, 0.25) is 10.0 Å². The number of nitrogens with one attached hydrogen (secondary N) is 2. The van der Waals surface area contributed by atoms with Crippen LogP contribution in [0, 0.1) is 13.8 Å². The maximum Gasteiger partial charge on any atom is 0.255 e. The fraction of sp³-hybridized carbons (Fsp3) is 0.278. The van der Waals surface area contributed by atoms with E-state index in [1.165, 1.54) is 7.11 Å². The van der Waals surface area contributed by atoms with Gasteiger partial charge in [-0.15, -0.1) is 0 Å². The van der Waals surface area contributed by atoms with E-state index in [0.29, 0.717) is 16.9 Å². The molecule has 0 aliphatic heterocycles. The van der Waals surface area contributed by atoms with Crippen molar-refractivity contribution >= 4 is 15.9 Å². The Hall–Kier alpha value is -2.38. The van der Waals surface area contributed by atoms with Gasteiger partial charge in [0.15, 0.2) is 0 Å². The number of methoxy groups -OCH3 is 1. The number of hydrogen-bond acceptors (Lipinski definition) is 4. The molecule has 0 aliphatic rings. The van der Waals surface area contributed by atoms with E-state index in [1.807, 2.05) is 13.0 Å². The molecular formula is C18H22N2O4S. The summed E-state index contributed by atoms with van der Waals surface area (Å²) in [7, 11) is -2.12. The lowest BCUT2D eigenvalue weighted by atomic mass is 10.2. The van der Waals surface area contributed by atoms with Crippen LogP contribution in [0.3, 0.4) is 0 Å². The van der Waals surface area contributed by atoms with Gasteiger partial charge in [-0.1, -0.05) is 29.8 Å². The normalized spacial score (nSPS) is 11.2. The Morgan fingerprint density at radius 1 is 1.08 bits per heavy atom. The van der Waals surface area contributed by atoms with Crippen molar-refractivity contribution in [1.82, 2.24) is 10.0 Å². The number of carbonyl (C=O) groups excluding carboxylic acids is 1. The molecule has 7 heteroatoms. The lowest BCUT2D eigenvalue weighted by Gasteiger charge is -2.11. The topological polar surface area (TPSA) is 84.5 Å². The van der Waals surface area contributed by atoms with Crippen LogP contribution in [0.15, 0.2) is 47.4 Å².